The second-order valence-corrected chi connectivity index (χ2v) is 5.96. The second kappa shape index (κ2) is 8.28. The molecular formula is C14H19F3N2O2S. The van der Waals surface area contributed by atoms with E-state index in [9.17, 15) is 18.0 Å². The highest BCUT2D eigenvalue weighted by molar-refractivity contribution is 7.99. The zero-order valence-corrected chi connectivity index (χ0v) is 13.1. The van der Waals surface area contributed by atoms with Gasteiger partial charge in [-0.2, -0.15) is 13.2 Å². The van der Waals surface area contributed by atoms with Gasteiger partial charge in [0.1, 0.15) is 0 Å². The van der Waals surface area contributed by atoms with Crippen molar-refractivity contribution in [1.82, 2.24) is 5.32 Å². The number of hydrogen-bond donors (Lipinski definition) is 3. The van der Waals surface area contributed by atoms with E-state index in [1.54, 1.807) is 32.0 Å². The van der Waals surface area contributed by atoms with Crippen molar-refractivity contribution in [3.05, 3.63) is 24.3 Å². The number of alkyl halides is 3. The summed E-state index contributed by atoms with van der Waals surface area (Å²) in [7, 11) is 0. The van der Waals surface area contributed by atoms with Crippen molar-refractivity contribution in [3.63, 3.8) is 0 Å². The molecule has 1 aromatic rings. The quantitative estimate of drug-likeness (QED) is 0.697. The van der Waals surface area contributed by atoms with Crippen LogP contribution in [0.25, 0.3) is 0 Å². The molecule has 0 aliphatic heterocycles. The van der Waals surface area contributed by atoms with E-state index in [0.717, 1.165) is 0 Å². The van der Waals surface area contributed by atoms with E-state index in [1.165, 1.54) is 6.07 Å². The molecule has 2 amide bonds. The highest BCUT2D eigenvalue weighted by Crippen LogP contribution is 2.32. The minimum atomic E-state index is -4.27. The Morgan fingerprint density at radius 2 is 1.95 bits per heavy atom. The van der Waals surface area contributed by atoms with Gasteiger partial charge in [0.05, 0.1) is 11.4 Å². The van der Waals surface area contributed by atoms with Gasteiger partial charge >= 0.3 is 12.2 Å². The Kier molecular flexibility index (Phi) is 7.02. The van der Waals surface area contributed by atoms with Crippen molar-refractivity contribution >= 4 is 23.5 Å². The molecule has 0 saturated carbocycles. The monoisotopic (exact) mass is 336 g/mol. The van der Waals surface area contributed by atoms with Gasteiger partial charge in [-0.1, -0.05) is 19.1 Å². The molecule has 0 unspecified atom stereocenters. The van der Waals surface area contributed by atoms with Crippen molar-refractivity contribution in [3.8, 4) is 0 Å². The van der Waals surface area contributed by atoms with Gasteiger partial charge in [-0.25, -0.2) is 4.79 Å². The van der Waals surface area contributed by atoms with Crippen LogP contribution >= 0.6 is 11.8 Å². The van der Waals surface area contributed by atoms with E-state index in [-0.39, 0.29) is 18.6 Å². The summed E-state index contributed by atoms with van der Waals surface area (Å²) in [6.45, 7) is 3.45. The van der Waals surface area contributed by atoms with E-state index in [2.05, 4.69) is 10.6 Å². The number of thioether (sulfide) groups is 1. The Morgan fingerprint density at radius 1 is 1.32 bits per heavy atom. The fraction of sp³-hybridized carbons (Fsp3) is 0.500. The average Bonchev–Trinajstić information content (AvgIpc) is 2.44. The summed E-state index contributed by atoms with van der Waals surface area (Å²) in [5, 5.41) is 14.2. The number of halogens is 3. The molecule has 0 aliphatic carbocycles. The van der Waals surface area contributed by atoms with Crippen LogP contribution in [0.5, 0.6) is 0 Å². The summed E-state index contributed by atoms with van der Waals surface area (Å²) in [6, 6.07) is 5.52. The molecule has 0 bridgehead atoms. The molecule has 2 atom stereocenters. The topological polar surface area (TPSA) is 61.4 Å². The highest BCUT2D eigenvalue weighted by atomic mass is 32.2. The molecule has 3 N–H and O–H groups in total. The van der Waals surface area contributed by atoms with Crippen LogP contribution in [0.1, 0.15) is 13.8 Å². The molecule has 0 fully saturated rings. The number of benzene rings is 1. The van der Waals surface area contributed by atoms with Gasteiger partial charge in [0.25, 0.3) is 0 Å². The van der Waals surface area contributed by atoms with Crippen LogP contribution in [0.2, 0.25) is 0 Å². The number of hydrogen-bond acceptors (Lipinski definition) is 3. The third kappa shape index (κ3) is 6.57. The summed E-state index contributed by atoms with van der Waals surface area (Å²) in [4.78, 5) is 12.2. The fourth-order valence-corrected chi connectivity index (χ4v) is 2.29. The third-order valence-electron chi connectivity index (χ3n) is 3.03. The van der Waals surface area contributed by atoms with E-state index in [0.29, 0.717) is 22.3 Å². The number of rotatable bonds is 6. The van der Waals surface area contributed by atoms with Gasteiger partial charge in [-0.05, 0) is 25.0 Å². The second-order valence-electron chi connectivity index (χ2n) is 4.95. The predicted molar refractivity (Wildman–Crippen MR) is 81.1 cm³/mol. The van der Waals surface area contributed by atoms with Gasteiger partial charge < -0.3 is 15.7 Å². The summed E-state index contributed by atoms with van der Waals surface area (Å²) in [6.07, 6.45) is -4.27. The van der Waals surface area contributed by atoms with Crippen LogP contribution < -0.4 is 10.6 Å². The van der Waals surface area contributed by atoms with Crippen LogP contribution in [0.4, 0.5) is 23.7 Å². The van der Waals surface area contributed by atoms with Crippen LogP contribution in [0, 0.1) is 5.92 Å². The maximum Gasteiger partial charge on any atom is 0.398 e. The lowest BCUT2D eigenvalue weighted by molar-refractivity contribution is -0.105. The first-order valence-corrected chi connectivity index (χ1v) is 7.68. The van der Waals surface area contributed by atoms with E-state index >= 15 is 0 Å². The van der Waals surface area contributed by atoms with Gasteiger partial charge in [-0.15, -0.1) is 11.8 Å². The Labute approximate surface area is 131 Å². The van der Waals surface area contributed by atoms with Crippen LogP contribution in [0.15, 0.2) is 29.2 Å². The normalized spacial score (nSPS) is 14.3. The molecule has 1 aromatic carbocycles. The van der Waals surface area contributed by atoms with Crippen molar-refractivity contribution in [1.29, 1.82) is 0 Å². The first-order valence-electron chi connectivity index (χ1n) is 6.70. The number of aliphatic hydroxyl groups excluding tert-OH is 1. The Hall–Kier alpha value is -1.41. The minimum absolute atomic E-state index is 0.0700. The molecule has 124 valence electrons. The molecule has 0 saturated heterocycles. The molecule has 0 aliphatic rings. The SMILES string of the molecule is C[C@H](NC(=O)Nc1ccccc1SCC(F)(F)F)[C@@H](C)CO. The Bertz CT molecular complexity index is 497. The van der Waals surface area contributed by atoms with E-state index in [4.69, 9.17) is 5.11 Å². The number of aliphatic hydroxyl groups is 1. The summed E-state index contributed by atoms with van der Waals surface area (Å²) < 4.78 is 36.9. The van der Waals surface area contributed by atoms with Gasteiger partial charge in [0, 0.05) is 17.5 Å². The first kappa shape index (κ1) is 18.6. The average molecular weight is 336 g/mol. The summed E-state index contributed by atoms with van der Waals surface area (Å²) in [5.41, 5.74) is 0.318. The maximum absolute atomic E-state index is 12.3. The number of nitrogens with one attached hydrogen (secondary N) is 2. The molecule has 4 nitrogen and oxygen atoms in total. The number of anilines is 1. The molecular weight excluding hydrogens is 317 g/mol. The molecule has 8 heteroatoms. The Morgan fingerprint density at radius 3 is 2.55 bits per heavy atom. The predicted octanol–water partition coefficient (Wildman–Crippen LogP) is 3.48. The van der Waals surface area contributed by atoms with Gasteiger partial charge in [0.15, 0.2) is 0 Å². The molecule has 1 rings (SSSR count). The number of urea groups is 1. The third-order valence-corrected chi connectivity index (χ3v) is 4.17. The molecule has 0 radical (unpaired) electrons. The number of carbonyl (C=O) groups is 1. The van der Waals surface area contributed by atoms with Crippen LogP contribution in [0.3, 0.4) is 0 Å². The van der Waals surface area contributed by atoms with Crippen molar-refractivity contribution in [2.75, 3.05) is 17.7 Å². The lowest BCUT2D eigenvalue weighted by Crippen LogP contribution is -2.40. The lowest BCUT2D eigenvalue weighted by atomic mass is 10.1. The smallest absolute Gasteiger partial charge is 0.396 e. The standard InChI is InChI=1S/C14H19F3N2O2S/c1-9(7-20)10(2)18-13(21)19-11-5-3-4-6-12(11)22-8-14(15,16)17/h3-6,9-10,20H,7-8H2,1-2H3,(H2,18,19,21)/t9-,10-/m0/s1. The first-order chi connectivity index (χ1) is 10.2. The molecule has 0 aromatic heterocycles. The van der Waals surface area contributed by atoms with Crippen LogP contribution in [-0.4, -0.2) is 35.7 Å². The van der Waals surface area contributed by atoms with E-state index < -0.39 is 18.0 Å². The molecule has 0 heterocycles. The largest absolute Gasteiger partial charge is 0.398 e. The Balaban J connectivity index is 2.67. The zero-order valence-electron chi connectivity index (χ0n) is 12.3. The van der Waals surface area contributed by atoms with Gasteiger partial charge in [-0.3, -0.25) is 0 Å². The molecule has 0 spiro atoms. The van der Waals surface area contributed by atoms with Crippen molar-refractivity contribution in [2.24, 2.45) is 5.92 Å². The lowest BCUT2D eigenvalue weighted by Gasteiger charge is -2.20. The number of carbonyl (C=O) groups excluding carboxylic acids is 1. The minimum Gasteiger partial charge on any atom is -0.396 e. The fourth-order valence-electron chi connectivity index (χ4n) is 1.52. The zero-order chi connectivity index (χ0) is 16.8. The highest BCUT2D eigenvalue weighted by Gasteiger charge is 2.27. The van der Waals surface area contributed by atoms with Crippen LogP contribution in [-0.2, 0) is 0 Å². The number of amides is 2. The van der Waals surface area contributed by atoms with E-state index in [1.807, 2.05) is 0 Å². The summed E-state index contributed by atoms with van der Waals surface area (Å²) >= 11 is 0.618. The molecule has 22 heavy (non-hydrogen) atoms. The summed E-state index contributed by atoms with van der Waals surface area (Å²) in [5.74, 6) is -1.15. The number of para-hydroxylation sites is 1. The van der Waals surface area contributed by atoms with Crippen molar-refractivity contribution < 1.29 is 23.1 Å². The van der Waals surface area contributed by atoms with Gasteiger partial charge in [0.2, 0.25) is 0 Å². The van der Waals surface area contributed by atoms with Crippen molar-refractivity contribution in [2.45, 2.75) is 31.0 Å². The maximum atomic E-state index is 12.3.